The predicted octanol–water partition coefficient (Wildman–Crippen LogP) is 6.97. The topological polar surface area (TPSA) is 129 Å². The number of ether oxygens (including phenoxy) is 1. The number of amides is 1. The van der Waals surface area contributed by atoms with Crippen LogP contribution in [0.1, 0.15) is 59.9 Å². The summed E-state index contributed by atoms with van der Waals surface area (Å²) in [5.74, 6) is 0.257. The Morgan fingerprint density at radius 3 is 2.51 bits per heavy atom. The fraction of sp³-hybridized carbons (Fsp3) is 0.368. The highest BCUT2D eigenvalue weighted by atomic mass is 35.5. The second kappa shape index (κ2) is 14.9. The number of rotatable bonds is 9. The van der Waals surface area contributed by atoms with Crippen molar-refractivity contribution in [3.63, 3.8) is 0 Å². The summed E-state index contributed by atoms with van der Waals surface area (Å²) in [5.41, 5.74) is 5.68. The summed E-state index contributed by atoms with van der Waals surface area (Å²) >= 11 is 14.0. The van der Waals surface area contributed by atoms with Gasteiger partial charge in [0.2, 0.25) is 0 Å². The normalized spacial score (nSPS) is 19.7. The van der Waals surface area contributed by atoms with E-state index in [0.29, 0.717) is 56.6 Å². The lowest BCUT2D eigenvalue weighted by atomic mass is 10.0. The number of likely N-dealkylation sites (tertiary alicyclic amines) is 1. The third-order valence-electron chi connectivity index (χ3n) is 10.0. The highest BCUT2D eigenvalue weighted by molar-refractivity contribution is 6.39. The van der Waals surface area contributed by atoms with Crippen LogP contribution in [0.25, 0.3) is 22.0 Å². The zero-order valence-corrected chi connectivity index (χ0v) is 29.6. The number of aryl methyl sites for hydroxylation is 1. The smallest absolute Gasteiger partial charge is 0.276 e. The lowest BCUT2D eigenvalue weighted by Gasteiger charge is -2.31. The number of aliphatic hydroxyl groups is 1. The van der Waals surface area contributed by atoms with Gasteiger partial charge in [0.1, 0.15) is 5.52 Å². The molecule has 6 heterocycles. The molecular weight excluding hydrogens is 687 g/mol. The van der Waals surface area contributed by atoms with Gasteiger partial charge in [-0.05, 0) is 68.0 Å². The molecule has 0 spiro atoms. The fourth-order valence-corrected chi connectivity index (χ4v) is 7.95. The minimum atomic E-state index is -0.321. The molecular formula is C38H40Cl2N8O3. The van der Waals surface area contributed by atoms with E-state index in [1.165, 1.54) is 0 Å². The van der Waals surface area contributed by atoms with Gasteiger partial charge >= 0.3 is 0 Å². The zero-order valence-electron chi connectivity index (χ0n) is 28.1. The molecule has 0 saturated carbocycles. The number of anilines is 3. The Kier molecular flexibility index (Phi) is 9.91. The highest BCUT2D eigenvalue weighted by Crippen LogP contribution is 2.41. The molecule has 0 radical (unpaired) electrons. The molecule has 11 nitrogen and oxygen atoms in total. The van der Waals surface area contributed by atoms with Crippen LogP contribution in [0.15, 0.2) is 67.0 Å². The number of β-amino-alcohol motifs (C(OH)–C–C–N with tert-alkyl or cyclic N) is 1. The number of nitrogens with one attached hydrogen (secondary N) is 3. The molecule has 51 heavy (non-hydrogen) atoms. The number of hydrogen-bond donors (Lipinski definition) is 4. The molecule has 1 unspecified atom stereocenters. The maximum atomic E-state index is 13.5. The molecule has 1 amide bonds. The summed E-state index contributed by atoms with van der Waals surface area (Å²) in [5, 5.41) is 26.5. The Morgan fingerprint density at radius 1 is 0.941 bits per heavy atom. The van der Waals surface area contributed by atoms with Crippen LogP contribution < -0.4 is 16.0 Å². The molecule has 264 valence electrons. The van der Waals surface area contributed by atoms with Crippen molar-refractivity contribution in [2.75, 3.05) is 36.9 Å². The number of fused-ring (bicyclic) bond motifs is 2. The number of hydrogen-bond acceptors (Lipinski definition) is 9. The number of carbonyl (C=O) groups excluding carboxylic acids is 1. The van der Waals surface area contributed by atoms with Crippen molar-refractivity contribution in [2.45, 2.75) is 63.4 Å². The maximum Gasteiger partial charge on any atom is 0.276 e. The van der Waals surface area contributed by atoms with Gasteiger partial charge in [0.25, 0.3) is 5.91 Å². The first-order valence-corrected chi connectivity index (χ1v) is 18.4. The SMILES string of the molecule is O=C(Nc1cccc(-c2cccc(Nc3nccc4cc(CN5CC[C@@H](O)C5)cnc34)c2Cl)c1Cl)c1cc2n(n1)CCCC2NC1CCOCC1. The van der Waals surface area contributed by atoms with E-state index in [0.717, 1.165) is 87.1 Å². The quantitative estimate of drug-likeness (QED) is 0.127. The van der Waals surface area contributed by atoms with E-state index in [1.807, 2.05) is 53.3 Å². The minimum absolute atomic E-state index is 0.152. The molecule has 4 N–H and O–H groups in total. The van der Waals surface area contributed by atoms with Crippen LogP contribution in [0.3, 0.4) is 0 Å². The molecule has 2 fully saturated rings. The van der Waals surface area contributed by atoms with Crippen LogP contribution in [0.4, 0.5) is 17.2 Å². The van der Waals surface area contributed by atoms with E-state index in [2.05, 4.69) is 37.0 Å². The van der Waals surface area contributed by atoms with E-state index in [4.69, 9.17) is 32.9 Å². The van der Waals surface area contributed by atoms with Crippen molar-refractivity contribution in [1.29, 1.82) is 0 Å². The van der Waals surface area contributed by atoms with E-state index in [9.17, 15) is 9.90 Å². The van der Waals surface area contributed by atoms with Crippen molar-refractivity contribution in [2.24, 2.45) is 0 Å². The second-order valence-corrected chi connectivity index (χ2v) is 14.3. The maximum absolute atomic E-state index is 13.5. The van der Waals surface area contributed by atoms with Crippen molar-refractivity contribution < 1.29 is 14.6 Å². The van der Waals surface area contributed by atoms with Crippen LogP contribution in [-0.4, -0.2) is 74.1 Å². The molecule has 3 aliphatic rings. The second-order valence-electron chi connectivity index (χ2n) is 13.6. The predicted molar refractivity (Wildman–Crippen MR) is 200 cm³/mol. The van der Waals surface area contributed by atoms with Crippen molar-refractivity contribution in [3.8, 4) is 11.1 Å². The van der Waals surface area contributed by atoms with Crippen LogP contribution in [-0.2, 0) is 17.8 Å². The Bertz CT molecular complexity index is 2070. The average Bonchev–Trinajstić information content (AvgIpc) is 3.77. The summed E-state index contributed by atoms with van der Waals surface area (Å²) in [6, 6.07) is 17.7. The van der Waals surface area contributed by atoms with E-state index in [-0.39, 0.29) is 18.1 Å². The van der Waals surface area contributed by atoms with Gasteiger partial charge in [-0.25, -0.2) is 4.98 Å². The lowest BCUT2D eigenvalue weighted by molar-refractivity contribution is 0.0733. The van der Waals surface area contributed by atoms with Gasteiger partial charge in [-0.3, -0.25) is 19.4 Å². The molecule has 2 saturated heterocycles. The van der Waals surface area contributed by atoms with Crippen molar-refractivity contribution in [1.82, 2.24) is 30.0 Å². The number of aliphatic hydroxyl groups excluding tert-OH is 1. The molecule has 0 aliphatic carbocycles. The van der Waals surface area contributed by atoms with Crippen LogP contribution >= 0.6 is 23.2 Å². The van der Waals surface area contributed by atoms with Crippen LogP contribution in [0.2, 0.25) is 10.0 Å². The van der Waals surface area contributed by atoms with Gasteiger partial charge < -0.3 is 25.8 Å². The number of pyridine rings is 2. The van der Waals surface area contributed by atoms with Gasteiger partial charge in [0.15, 0.2) is 11.5 Å². The first-order chi connectivity index (χ1) is 24.9. The largest absolute Gasteiger partial charge is 0.392 e. The summed E-state index contributed by atoms with van der Waals surface area (Å²) in [7, 11) is 0. The van der Waals surface area contributed by atoms with E-state index in [1.54, 1.807) is 12.3 Å². The molecule has 0 bridgehead atoms. The number of carbonyl (C=O) groups is 1. The Morgan fingerprint density at radius 2 is 1.73 bits per heavy atom. The standard InChI is InChI=1S/C38H40Cl2N8O3/c39-34-27(4-1-6-30(34)44-37-36-24(9-13-41-37)18-23(20-42-36)21-47-15-10-26(49)22-47)28-5-2-7-31(35(28)40)45-38(50)32-19-33-29(8-3-14-48(33)46-32)43-25-11-16-51-17-12-25/h1-2,4-7,9,13,18-20,25-26,29,43,49H,3,8,10-12,14-17,21-22H2,(H,41,44)(H,45,50)/t26-,29?/m1/s1. The van der Waals surface area contributed by atoms with Crippen molar-refractivity contribution >= 4 is 57.2 Å². The number of halogens is 2. The summed E-state index contributed by atoms with van der Waals surface area (Å²) in [6.07, 6.45) is 8.12. The number of benzene rings is 2. The molecule has 13 heteroatoms. The Balaban J connectivity index is 0.996. The molecule has 3 aliphatic heterocycles. The number of nitrogens with zero attached hydrogens (tertiary/aromatic N) is 5. The summed E-state index contributed by atoms with van der Waals surface area (Å²) in [6.45, 7) is 4.61. The third kappa shape index (κ3) is 7.32. The average molecular weight is 728 g/mol. The Hall–Kier alpha value is -4.10. The highest BCUT2D eigenvalue weighted by Gasteiger charge is 2.28. The first-order valence-electron chi connectivity index (χ1n) is 17.6. The molecule has 2 aromatic carbocycles. The summed E-state index contributed by atoms with van der Waals surface area (Å²) in [4.78, 5) is 25.1. The number of aromatic nitrogens is 4. The van der Waals surface area contributed by atoms with Crippen LogP contribution in [0, 0.1) is 0 Å². The first kappa shape index (κ1) is 34.0. The van der Waals surface area contributed by atoms with E-state index < -0.39 is 0 Å². The fourth-order valence-electron chi connectivity index (χ4n) is 7.40. The summed E-state index contributed by atoms with van der Waals surface area (Å²) < 4.78 is 7.48. The zero-order chi connectivity index (χ0) is 34.9. The lowest BCUT2D eigenvalue weighted by Crippen LogP contribution is -2.39. The van der Waals surface area contributed by atoms with E-state index >= 15 is 0 Å². The molecule has 5 aromatic rings. The Labute approximate surface area is 306 Å². The monoisotopic (exact) mass is 726 g/mol. The molecule has 2 atom stereocenters. The van der Waals surface area contributed by atoms with Gasteiger partial charge in [-0.2, -0.15) is 5.10 Å². The molecule has 3 aromatic heterocycles. The third-order valence-corrected chi connectivity index (χ3v) is 10.8. The minimum Gasteiger partial charge on any atom is -0.392 e. The van der Waals surface area contributed by atoms with Gasteiger partial charge in [0.05, 0.1) is 33.2 Å². The van der Waals surface area contributed by atoms with Gasteiger partial charge in [-0.1, -0.05) is 47.5 Å². The van der Waals surface area contributed by atoms with Crippen LogP contribution in [0.5, 0.6) is 0 Å². The van der Waals surface area contributed by atoms with Crippen molar-refractivity contribution in [3.05, 3.63) is 94.0 Å². The van der Waals surface area contributed by atoms with Gasteiger partial charge in [-0.15, -0.1) is 0 Å². The van der Waals surface area contributed by atoms with Gasteiger partial charge in [0, 0.05) is 80.4 Å². The molecule has 8 rings (SSSR count).